The van der Waals surface area contributed by atoms with Crippen LogP contribution in [0.2, 0.25) is 0 Å². The first-order valence-electron chi connectivity index (χ1n) is 7.28. The lowest BCUT2D eigenvalue weighted by molar-refractivity contribution is -0.142. The first-order chi connectivity index (χ1) is 10.7. The molecule has 0 saturated heterocycles. The standard InChI is InChI=1S/C18H17NO3/c1-3-21-17(20)11-16-12(2)19-18(22-16)15-9-8-13-6-4-5-7-14(13)10-15/h4-10H,3,11H2,1-2H3. The average Bonchev–Trinajstić information content (AvgIpc) is 2.88. The third-order valence-corrected chi connectivity index (χ3v) is 3.50. The van der Waals surface area contributed by atoms with Crippen molar-refractivity contribution < 1.29 is 13.9 Å². The van der Waals surface area contributed by atoms with Crippen molar-refractivity contribution in [2.75, 3.05) is 6.61 Å². The Labute approximate surface area is 128 Å². The van der Waals surface area contributed by atoms with Crippen LogP contribution in [-0.4, -0.2) is 17.6 Å². The predicted octanol–water partition coefficient (Wildman–Crippen LogP) is 3.91. The van der Waals surface area contributed by atoms with Crippen LogP contribution in [0.1, 0.15) is 18.4 Å². The molecule has 2 aromatic carbocycles. The fraction of sp³-hybridized carbons (Fsp3) is 0.222. The first kappa shape index (κ1) is 14.3. The van der Waals surface area contributed by atoms with E-state index in [0.29, 0.717) is 18.3 Å². The number of nitrogens with zero attached hydrogens (tertiary/aromatic N) is 1. The molecule has 0 radical (unpaired) electrons. The maximum atomic E-state index is 11.6. The van der Waals surface area contributed by atoms with Crippen LogP contribution in [0.25, 0.3) is 22.2 Å². The van der Waals surface area contributed by atoms with Crippen LogP contribution in [0.4, 0.5) is 0 Å². The molecule has 0 spiro atoms. The highest BCUT2D eigenvalue weighted by molar-refractivity contribution is 5.86. The zero-order valence-electron chi connectivity index (χ0n) is 12.6. The minimum atomic E-state index is -0.299. The molecule has 3 aromatic rings. The van der Waals surface area contributed by atoms with Crippen molar-refractivity contribution in [3.63, 3.8) is 0 Å². The normalized spacial score (nSPS) is 10.8. The zero-order chi connectivity index (χ0) is 15.5. The van der Waals surface area contributed by atoms with E-state index < -0.39 is 0 Å². The van der Waals surface area contributed by atoms with Crippen LogP contribution >= 0.6 is 0 Å². The van der Waals surface area contributed by atoms with Gasteiger partial charge in [0.15, 0.2) is 0 Å². The summed E-state index contributed by atoms with van der Waals surface area (Å²) in [5.74, 6) is 0.788. The predicted molar refractivity (Wildman–Crippen MR) is 84.5 cm³/mol. The number of fused-ring (bicyclic) bond motifs is 1. The molecule has 1 heterocycles. The molecule has 0 saturated carbocycles. The lowest BCUT2D eigenvalue weighted by atomic mass is 10.1. The number of aromatic nitrogens is 1. The lowest BCUT2D eigenvalue weighted by Crippen LogP contribution is -2.07. The molecule has 3 rings (SSSR count). The van der Waals surface area contributed by atoms with Gasteiger partial charge in [0, 0.05) is 5.56 Å². The molecule has 22 heavy (non-hydrogen) atoms. The van der Waals surface area contributed by atoms with Gasteiger partial charge in [-0.25, -0.2) is 4.98 Å². The molecule has 0 bridgehead atoms. The molecule has 1 aromatic heterocycles. The summed E-state index contributed by atoms with van der Waals surface area (Å²) in [6.07, 6.45) is 0.111. The summed E-state index contributed by atoms with van der Waals surface area (Å²) in [4.78, 5) is 16.0. The zero-order valence-corrected chi connectivity index (χ0v) is 12.6. The van der Waals surface area contributed by atoms with Gasteiger partial charge in [0.05, 0.1) is 12.3 Å². The van der Waals surface area contributed by atoms with Gasteiger partial charge in [-0.3, -0.25) is 4.79 Å². The van der Waals surface area contributed by atoms with Crippen molar-refractivity contribution in [2.24, 2.45) is 0 Å². The Balaban J connectivity index is 1.92. The molecule has 0 N–H and O–H groups in total. The minimum absolute atomic E-state index is 0.111. The molecule has 0 unspecified atom stereocenters. The van der Waals surface area contributed by atoms with Gasteiger partial charge in [0.25, 0.3) is 0 Å². The van der Waals surface area contributed by atoms with Crippen molar-refractivity contribution >= 4 is 16.7 Å². The third kappa shape index (κ3) is 2.86. The molecule has 0 fully saturated rings. The largest absolute Gasteiger partial charge is 0.466 e. The molecule has 0 aliphatic heterocycles. The number of aryl methyl sites for hydroxylation is 1. The number of rotatable bonds is 4. The third-order valence-electron chi connectivity index (χ3n) is 3.50. The van der Waals surface area contributed by atoms with E-state index in [9.17, 15) is 4.79 Å². The van der Waals surface area contributed by atoms with Gasteiger partial charge in [-0.15, -0.1) is 0 Å². The van der Waals surface area contributed by atoms with Gasteiger partial charge < -0.3 is 9.15 Å². The highest BCUT2D eigenvalue weighted by Crippen LogP contribution is 2.26. The van der Waals surface area contributed by atoms with Gasteiger partial charge in [-0.05, 0) is 36.8 Å². The monoisotopic (exact) mass is 295 g/mol. The highest BCUT2D eigenvalue weighted by Gasteiger charge is 2.15. The average molecular weight is 295 g/mol. The number of oxazole rings is 1. The molecular weight excluding hydrogens is 278 g/mol. The summed E-state index contributed by atoms with van der Waals surface area (Å²) >= 11 is 0. The molecule has 0 aliphatic rings. The van der Waals surface area contributed by atoms with E-state index in [0.717, 1.165) is 16.6 Å². The van der Waals surface area contributed by atoms with Crippen LogP contribution in [0, 0.1) is 6.92 Å². The first-order valence-corrected chi connectivity index (χ1v) is 7.28. The smallest absolute Gasteiger partial charge is 0.313 e. The SMILES string of the molecule is CCOC(=O)Cc1oc(-c2ccc3ccccc3c2)nc1C. The molecular formula is C18H17NO3. The van der Waals surface area contributed by atoms with Crippen LogP contribution in [0.3, 0.4) is 0 Å². The van der Waals surface area contributed by atoms with E-state index in [2.05, 4.69) is 11.1 Å². The van der Waals surface area contributed by atoms with Gasteiger partial charge >= 0.3 is 5.97 Å². The summed E-state index contributed by atoms with van der Waals surface area (Å²) in [6, 6.07) is 14.2. The summed E-state index contributed by atoms with van der Waals surface area (Å²) in [5.41, 5.74) is 1.62. The summed E-state index contributed by atoms with van der Waals surface area (Å²) in [7, 11) is 0. The van der Waals surface area contributed by atoms with Crippen molar-refractivity contribution in [2.45, 2.75) is 20.3 Å². The summed E-state index contributed by atoms with van der Waals surface area (Å²) in [5, 5.41) is 2.30. The Bertz CT molecular complexity index is 820. The summed E-state index contributed by atoms with van der Waals surface area (Å²) < 4.78 is 10.7. The molecule has 4 heteroatoms. The Morgan fingerprint density at radius 1 is 1.18 bits per heavy atom. The quantitative estimate of drug-likeness (QED) is 0.685. The van der Waals surface area contributed by atoms with Crippen molar-refractivity contribution in [3.05, 3.63) is 53.9 Å². The number of carbonyl (C=O) groups excluding carboxylic acids is 1. The Kier molecular flexibility index (Phi) is 3.92. The van der Waals surface area contributed by atoms with E-state index in [1.807, 2.05) is 43.3 Å². The van der Waals surface area contributed by atoms with Gasteiger partial charge in [-0.2, -0.15) is 0 Å². The van der Waals surface area contributed by atoms with E-state index in [1.165, 1.54) is 5.39 Å². The Morgan fingerprint density at radius 2 is 1.95 bits per heavy atom. The van der Waals surface area contributed by atoms with E-state index in [-0.39, 0.29) is 12.4 Å². The van der Waals surface area contributed by atoms with E-state index >= 15 is 0 Å². The van der Waals surface area contributed by atoms with Gasteiger partial charge in [-0.1, -0.05) is 30.3 Å². The fourth-order valence-electron chi connectivity index (χ4n) is 2.38. The second kappa shape index (κ2) is 6.02. The maximum Gasteiger partial charge on any atom is 0.313 e. The maximum absolute atomic E-state index is 11.6. The molecule has 4 nitrogen and oxygen atoms in total. The molecule has 0 amide bonds. The lowest BCUT2D eigenvalue weighted by Gasteiger charge is -2.00. The van der Waals surface area contributed by atoms with Crippen LogP contribution in [0.15, 0.2) is 46.9 Å². The number of carbonyl (C=O) groups is 1. The van der Waals surface area contributed by atoms with Crippen molar-refractivity contribution in [1.82, 2.24) is 4.98 Å². The second-order valence-corrected chi connectivity index (χ2v) is 5.07. The van der Waals surface area contributed by atoms with Crippen molar-refractivity contribution in [3.8, 4) is 11.5 Å². The van der Waals surface area contributed by atoms with E-state index in [1.54, 1.807) is 6.92 Å². The topological polar surface area (TPSA) is 52.3 Å². The Morgan fingerprint density at radius 3 is 2.73 bits per heavy atom. The Hall–Kier alpha value is -2.62. The fourth-order valence-corrected chi connectivity index (χ4v) is 2.38. The molecule has 0 aliphatic carbocycles. The van der Waals surface area contributed by atoms with Crippen molar-refractivity contribution in [1.29, 1.82) is 0 Å². The van der Waals surface area contributed by atoms with Gasteiger partial charge in [0.1, 0.15) is 12.2 Å². The number of hydrogen-bond acceptors (Lipinski definition) is 4. The van der Waals surface area contributed by atoms with Crippen LogP contribution in [0.5, 0.6) is 0 Å². The number of esters is 1. The number of benzene rings is 2. The molecule has 0 atom stereocenters. The minimum Gasteiger partial charge on any atom is -0.466 e. The van der Waals surface area contributed by atoms with Crippen LogP contribution in [-0.2, 0) is 16.0 Å². The highest BCUT2D eigenvalue weighted by atomic mass is 16.5. The summed E-state index contributed by atoms with van der Waals surface area (Å²) in [6.45, 7) is 3.98. The number of ether oxygens (including phenoxy) is 1. The van der Waals surface area contributed by atoms with Crippen LogP contribution < -0.4 is 0 Å². The van der Waals surface area contributed by atoms with Gasteiger partial charge in [0.2, 0.25) is 5.89 Å². The van der Waals surface area contributed by atoms with E-state index in [4.69, 9.17) is 9.15 Å². The number of hydrogen-bond donors (Lipinski definition) is 0. The molecule has 112 valence electrons. The second-order valence-electron chi connectivity index (χ2n) is 5.07.